The van der Waals surface area contributed by atoms with E-state index in [1.165, 1.54) is 44.9 Å². The van der Waals surface area contributed by atoms with Crippen LogP contribution < -0.4 is 10.6 Å². The molecule has 0 spiro atoms. The SMILES string of the molecule is CNc1cc(NCCC2CCCC2)nc(C2CC2)n1. The van der Waals surface area contributed by atoms with Crippen molar-refractivity contribution < 1.29 is 0 Å². The zero-order chi connectivity index (χ0) is 13.1. The molecular weight excluding hydrogens is 236 g/mol. The van der Waals surface area contributed by atoms with Gasteiger partial charge in [-0.3, -0.25) is 0 Å². The Balaban J connectivity index is 1.57. The van der Waals surface area contributed by atoms with Crippen LogP contribution in [0.15, 0.2) is 6.07 Å². The highest BCUT2D eigenvalue weighted by molar-refractivity contribution is 5.47. The summed E-state index contributed by atoms with van der Waals surface area (Å²) in [5, 5.41) is 6.61. The third-order valence-corrected chi connectivity index (χ3v) is 4.28. The van der Waals surface area contributed by atoms with Gasteiger partial charge in [-0.2, -0.15) is 0 Å². The largest absolute Gasteiger partial charge is 0.373 e. The zero-order valence-corrected chi connectivity index (χ0v) is 11.8. The molecule has 1 heterocycles. The Morgan fingerprint density at radius 3 is 2.53 bits per heavy atom. The Labute approximate surface area is 115 Å². The molecule has 2 fully saturated rings. The van der Waals surface area contributed by atoms with E-state index in [2.05, 4.69) is 20.6 Å². The minimum absolute atomic E-state index is 0.601. The van der Waals surface area contributed by atoms with Gasteiger partial charge in [0, 0.05) is 25.6 Å². The molecule has 0 aliphatic heterocycles. The van der Waals surface area contributed by atoms with Gasteiger partial charge in [-0.1, -0.05) is 25.7 Å². The molecule has 3 rings (SSSR count). The van der Waals surface area contributed by atoms with Crippen LogP contribution in [0.4, 0.5) is 11.6 Å². The number of hydrogen-bond acceptors (Lipinski definition) is 4. The smallest absolute Gasteiger partial charge is 0.136 e. The van der Waals surface area contributed by atoms with Crippen LogP contribution in [0.1, 0.15) is 56.7 Å². The maximum absolute atomic E-state index is 4.65. The van der Waals surface area contributed by atoms with E-state index in [4.69, 9.17) is 0 Å². The Bertz CT molecular complexity index is 422. The third kappa shape index (κ3) is 3.37. The van der Waals surface area contributed by atoms with E-state index in [-0.39, 0.29) is 0 Å². The molecule has 19 heavy (non-hydrogen) atoms. The van der Waals surface area contributed by atoms with Gasteiger partial charge in [0.1, 0.15) is 17.5 Å². The maximum Gasteiger partial charge on any atom is 0.136 e. The molecule has 0 aromatic carbocycles. The van der Waals surface area contributed by atoms with Crippen molar-refractivity contribution in [2.24, 2.45) is 5.92 Å². The van der Waals surface area contributed by atoms with E-state index in [0.717, 1.165) is 29.9 Å². The zero-order valence-electron chi connectivity index (χ0n) is 11.8. The molecule has 1 aromatic rings. The molecule has 4 nitrogen and oxygen atoms in total. The molecule has 1 aromatic heterocycles. The quantitative estimate of drug-likeness (QED) is 0.823. The van der Waals surface area contributed by atoms with Gasteiger partial charge >= 0.3 is 0 Å². The molecule has 0 amide bonds. The lowest BCUT2D eigenvalue weighted by Gasteiger charge is -2.12. The lowest BCUT2D eigenvalue weighted by molar-refractivity contribution is 0.518. The van der Waals surface area contributed by atoms with Gasteiger partial charge in [0.05, 0.1) is 0 Å². The molecule has 2 N–H and O–H groups in total. The van der Waals surface area contributed by atoms with E-state index in [9.17, 15) is 0 Å². The molecular formula is C15H24N4. The van der Waals surface area contributed by atoms with Crippen molar-refractivity contribution in [2.45, 2.75) is 50.9 Å². The van der Waals surface area contributed by atoms with E-state index < -0.39 is 0 Å². The first-order valence-corrected chi connectivity index (χ1v) is 7.66. The number of anilines is 2. The molecule has 104 valence electrons. The normalized spacial score (nSPS) is 19.6. The van der Waals surface area contributed by atoms with Crippen molar-refractivity contribution in [3.63, 3.8) is 0 Å². The summed E-state index contributed by atoms with van der Waals surface area (Å²) in [4.78, 5) is 9.18. The summed E-state index contributed by atoms with van der Waals surface area (Å²) in [5.74, 6) is 4.46. The third-order valence-electron chi connectivity index (χ3n) is 4.28. The van der Waals surface area contributed by atoms with Crippen molar-refractivity contribution in [2.75, 3.05) is 24.2 Å². The summed E-state index contributed by atoms with van der Waals surface area (Å²) in [6, 6.07) is 2.01. The summed E-state index contributed by atoms with van der Waals surface area (Å²) in [6.07, 6.45) is 9.45. The maximum atomic E-state index is 4.65. The van der Waals surface area contributed by atoms with Gasteiger partial charge in [-0.05, 0) is 25.2 Å². The van der Waals surface area contributed by atoms with Crippen molar-refractivity contribution in [1.82, 2.24) is 9.97 Å². The van der Waals surface area contributed by atoms with E-state index in [0.29, 0.717) is 5.92 Å². The highest BCUT2D eigenvalue weighted by Crippen LogP contribution is 2.38. The van der Waals surface area contributed by atoms with Crippen LogP contribution in [0.25, 0.3) is 0 Å². The highest BCUT2D eigenvalue weighted by atomic mass is 15.1. The predicted molar refractivity (Wildman–Crippen MR) is 78.6 cm³/mol. The summed E-state index contributed by atoms with van der Waals surface area (Å²) in [5.41, 5.74) is 0. The monoisotopic (exact) mass is 260 g/mol. The van der Waals surface area contributed by atoms with Crippen molar-refractivity contribution in [3.05, 3.63) is 11.9 Å². The number of hydrogen-bond donors (Lipinski definition) is 2. The first kappa shape index (κ1) is 12.7. The van der Waals surface area contributed by atoms with Gasteiger partial charge in [0.15, 0.2) is 0 Å². The minimum Gasteiger partial charge on any atom is -0.373 e. The standard InChI is InChI=1S/C15H24N4/c1-16-13-10-14(19-15(18-13)12-6-7-12)17-9-8-11-4-2-3-5-11/h10-12H,2-9H2,1H3,(H2,16,17,18,19). The number of rotatable bonds is 6. The van der Waals surface area contributed by atoms with E-state index >= 15 is 0 Å². The fourth-order valence-electron chi connectivity index (χ4n) is 2.91. The molecule has 0 unspecified atom stereocenters. The lowest BCUT2D eigenvalue weighted by atomic mass is 10.0. The van der Waals surface area contributed by atoms with Crippen LogP contribution in [-0.2, 0) is 0 Å². The van der Waals surface area contributed by atoms with Gasteiger partial charge in [0.2, 0.25) is 0 Å². The Hall–Kier alpha value is -1.32. The van der Waals surface area contributed by atoms with E-state index in [1.54, 1.807) is 0 Å². The molecule has 4 heteroatoms. The van der Waals surface area contributed by atoms with Crippen LogP contribution >= 0.6 is 0 Å². The molecule has 0 radical (unpaired) electrons. The second-order valence-corrected chi connectivity index (χ2v) is 5.89. The Kier molecular flexibility index (Phi) is 3.85. The van der Waals surface area contributed by atoms with Crippen LogP contribution in [0, 0.1) is 5.92 Å². The average Bonchev–Trinajstić information content (AvgIpc) is 3.17. The van der Waals surface area contributed by atoms with Crippen LogP contribution in [-0.4, -0.2) is 23.6 Å². The second kappa shape index (κ2) is 5.76. The summed E-state index contributed by atoms with van der Waals surface area (Å²) < 4.78 is 0. The van der Waals surface area contributed by atoms with Gasteiger partial charge in [-0.25, -0.2) is 9.97 Å². The molecule has 2 aliphatic rings. The molecule has 0 atom stereocenters. The summed E-state index contributed by atoms with van der Waals surface area (Å²) >= 11 is 0. The Morgan fingerprint density at radius 1 is 1.11 bits per heavy atom. The fourth-order valence-corrected chi connectivity index (χ4v) is 2.91. The van der Waals surface area contributed by atoms with Crippen LogP contribution in [0.5, 0.6) is 0 Å². The molecule has 0 bridgehead atoms. The van der Waals surface area contributed by atoms with Crippen LogP contribution in [0.2, 0.25) is 0 Å². The number of nitrogens with one attached hydrogen (secondary N) is 2. The molecule has 2 aliphatic carbocycles. The van der Waals surface area contributed by atoms with E-state index in [1.807, 2.05) is 13.1 Å². The minimum atomic E-state index is 0.601. The van der Waals surface area contributed by atoms with Crippen molar-refractivity contribution in [3.8, 4) is 0 Å². The number of nitrogens with zero attached hydrogens (tertiary/aromatic N) is 2. The molecule has 0 saturated heterocycles. The Morgan fingerprint density at radius 2 is 1.84 bits per heavy atom. The number of aromatic nitrogens is 2. The lowest BCUT2D eigenvalue weighted by Crippen LogP contribution is -2.10. The average molecular weight is 260 g/mol. The first-order chi connectivity index (χ1) is 9.35. The first-order valence-electron chi connectivity index (χ1n) is 7.66. The van der Waals surface area contributed by atoms with Gasteiger partial charge in [0.25, 0.3) is 0 Å². The summed E-state index contributed by atoms with van der Waals surface area (Å²) in [7, 11) is 1.92. The van der Waals surface area contributed by atoms with Crippen molar-refractivity contribution in [1.29, 1.82) is 0 Å². The van der Waals surface area contributed by atoms with Crippen molar-refractivity contribution >= 4 is 11.6 Å². The highest BCUT2D eigenvalue weighted by Gasteiger charge is 2.27. The van der Waals surface area contributed by atoms with Gasteiger partial charge < -0.3 is 10.6 Å². The molecule has 2 saturated carbocycles. The fraction of sp³-hybridized carbons (Fsp3) is 0.733. The second-order valence-electron chi connectivity index (χ2n) is 5.89. The topological polar surface area (TPSA) is 49.8 Å². The van der Waals surface area contributed by atoms with Crippen LogP contribution in [0.3, 0.4) is 0 Å². The summed E-state index contributed by atoms with van der Waals surface area (Å²) in [6.45, 7) is 1.04. The van der Waals surface area contributed by atoms with Gasteiger partial charge in [-0.15, -0.1) is 0 Å². The predicted octanol–water partition coefficient (Wildman–Crippen LogP) is 3.39.